The van der Waals surface area contributed by atoms with Gasteiger partial charge >= 0.3 is 5.97 Å². The summed E-state index contributed by atoms with van der Waals surface area (Å²) in [7, 11) is 1.57. The number of aromatic nitrogens is 2. The number of nitrogens with one attached hydrogen (secondary N) is 1. The minimum atomic E-state index is -1.01. The number of fused-ring (bicyclic) bond motifs is 1. The van der Waals surface area contributed by atoms with E-state index < -0.39 is 5.97 Å². The average molecular weight is 275 g/mol. The van der Waals surface area contributed by atoms with Gasteiger partial charge in [-0.05, 0) is 18.6 Å². The van der Waals surface area contributed by atoms with E-state index in [1.807, 2.05) is 6.92 Å². The van der Waals surface area contributed by atoms with E-state index in [9.17, 15) is 14.7 Å². The third-order valence-electron chi connectivity index (χ3n) is 3.14. The molecule has 0 saturated heterocycles. The van der Waals surface area contributed by atoms with Crippen molar-refractivity contribution in [1.82, 2.24) is 14.9 Å². The van der Waals surface area contributed by atoms with Gasteiger partial charge in [0.2, 0.25) is 5.91 Å². The number of aromatic carboxylic acids is 1. The number of carbonyl (C=O) groups excluding carboxylic acids is 1. The zero-order chi connectivity index (χ0) is 14.7. The fraction of sp³-hybridized carbons (Fsp3) is 0.357. The van der Waals surface area contributed by atoms with E-state index in [-0.39, 0.29) is 18.0 Å². The number of rotatable bonds is 5. The fourth-order valence-electron chi connectivity index (χ4n) is 2.18. The summed E-state index contributed by atoms with van der Waals surface area (Å²) >= 11 is 0. The molecule has 0 aliphatic carbocycles. The zero-order valence-corrected chi connectivity index (χ0v) is 11.5. The predicted octanol–water partition coefficient (Wildman–Crippen LogP) is 1.43. The quantitative estimate of drug-likeness (QED) is 0.864. The Morgan fingerprint density at radius 2 is 2.15 bits per heavy atom. The first-order valence-corrected chi connectivity index (χ1v) is 6.50. The molecule has 0 bridgehead atoms. The Morgan fingerprint density at radius 1 is 1.40 bits per heavy atom. The van der Waals surface area contributed by atoms with Crippen LogP contribution in [0.3, 0.4) is 0 Å². The highest BCUT2D eigenvalue weighted by molar-refractivity contribution is 6.01. The van der Waals surface area contributed by atoms with Crippen LogP contribution in [0.15, 0.2) is 18.2 Å². The fourth-order valence-corrected chi connectivity index (χ4v) is 2.18. The highest BCUT2D eigenvalue weighted by Crippen LogP contribution is 2.21. The summed E-state index contributed by atoms with van der Waals surface area (Å²) in [4.78, 5) is 27.3. The molecule has 0 radical (unpaired) electrons. The number of hydrogen-bond acceptors (Lipinski definition) is 3. The van der Waals surface area contributed by atoms with Crippen LogP contribution in [0.4, 0.5) is 0 Å². The van der Waals surface area contributed by atoms with E-state index >= 15 is 0 Å². The number of carbonyl (C=O) groups is 2. The number of amides is 1. The molecule has 1 aromatic heterocycles. The van der Waals surface area contributed by atoms with Crippen molar-refractivity contribution in [3.05, 3.63) is 29.6 Å². The van der Waals surface area contributed by atoms with Gasteiger partial charge in [0.25, 0.3) is 0 Å². The van der Waals surface area contributed by atoms with Gasteiger partial charge in [-0.1, -0.05) is 13.0 Å². The first-order valence-electron chi connectivity index (χ1n) is 6.50. The first kappa shape index (κ1) is 14.0. The van der Waals surface area contributed by atoms with Crippen molar-refractivity contribution in [3.8, 4) is 0 Å². The van der Waals surface area contributed by atoms with E-state index in [0.29, 0.717) is 17.5 Å². The maximum absolute atomic E-state index is 11.6. The second kappa shape index (κ2) is 5.73. The molecule has 1 amide bonds. The number of carboxylic acid groups (broad SMARTS) is 1. The van der Waals surface area contributed by atoms with Crippen LogP contribution in [0.2, 0.25) is 0 Å². The Balaban J connectivity index is 2.63. The monoisotopic (exact) mass is 275 g/mol. The molecule has 2 rings (SSSR count). The number of aryl methyl sites for hydroxylation is 1. The van der Waals surface area contributed by atoms with Crippen molar-refractivity contribution in [2.75, 3.05) is 7.05 Å². The number of carboxylic acids is 1. The van der Waals surface area contributed by atoms with Gasteiger partial charge in [0.1, 0.15) is 17.9 Å². The summed E-state index contributed by atoms with van der Waals surface area (Å²) in [5.74, 6) is -0.412. The second-order valence-electron chi connectivity index (χ2n) is 4.52. The SMILES string of the molecule is CCCc1nc2c(C(=O)O)cccc2n1CC(=O)NC. The number of nitrogens with zero attached hydrogens (tertiary/aromatic N) is 2. The van der Waals surface area contributed by atoms with Crippen molar-refractivity contribution in [3.63, 3.8) is 0 Å². The van der Waals surface area contributed by atoms with Crippen LogP contribution in [-0.4, -0.2) is 33.6 Å². The van der Waals surface area contributed by atoms with Crippen LogP contribution in [0.1, 0.15) is 29.5 Å². The molecule has 1 aromatic carbocycles. The molecule has 2 N–H and O–H groups in total. The molecule has 6 heteroatoms. The molecule has 0 atom stereocenters. The third kappa shape index (κ3) is 2.49. The van der Waals surface area contributed by atoms with Gasteiger partial charge in [0.05, 0.1) is 11.1 Å². The Labute approximate surface area is 116 Å². The molecule has 0 saturated carbocycles. The standard InChI is InChI=1S/C14H17N3O3/c1-3-5-11-16-13-9(14(19)20)6-4-7-10(13)17(11)8-12(18)15-2/h4,6-7H,3,5,8H2,1-2H3,(H,15,18)(H,19,20). The number of hydrogen-bond donors (Lipinski definition) is 2. The Kier molecular flexibility index (Phi) is 4.02. The lowest BCUT2D eigenvalue weighted by molar-refractivity contribution is -0.121. The van der Waals surface area contributed by atoms with Gasteiger partial charge in [0, 0.05) is 13.5 Å². The molecule has 20 heavy (non-hydrogen) atoms. The highest BCUT2D eigenvalue weighted by Gasteiger charge is 2.17. The van der Waals surface area contributed by atoms with Crippen LogP contribution >= 0.6 is 0 Å². The molecule has 0 fully saturated rings. The largest absolute Gasteiger partial charge is 0.478 e. The highest BCUT2D eigenvalue weighted by atomic mass is 16.4. The number of imidazole rings is 1. The van der Waals surface area contributed by atoms with Gasteiger partial charge in [-0.3, -0.25) is 4.79 Å². The van der Waals surface area contributed by atoms with Crippen LogP contribution in [-0.2, 0) is 17.8 Å². The smallest absolute Gasteiger partial charge is 0.337 e. The molecular weight excluding hydrogens is 258 g/mol. The first-order chi connectivity index (χ1) is 9.58. The Bertz CT molecular complexity index is 661. The zero-order valence-electron chi connectivity index (χ0n) is 11.5. The maximum Gasteiger partial charge on any atom is 0.337 e. The predicted molar refractivity (Wildman–Crippen MR) is 74.8 cm³/mol. The van der Waals surface area contributed by atoms with Crippen molar-refractivity contribution < 1.29 is 14.7 Å². The molecule has 0 aliphatic rings. The second-order valence-corrected chi connectivity index (χ2v) is 4.52. The van der Waals surface area contributed by atoms with Gasteiger partial charge in [-0.25, -0.2) is 9.78 Å². The lowest BCUT2D eigenvalue weighted by Gasteiger charge is -2.07. The summed E-state index contributed by atoms with van der Waals surface area (Å²) in [6.45, 7) is 2.16. The van der Waals surface area contributed by atoms with Crippen molar-refractivity contribution >= 4 is 22.9 Å². The van der Waals surface area contributed by atoms with Crippen molar-refractivity contribution in [1.29, 1.82) is 0 Å². The number of likely N-dealkylation sites (N-methyl/N-ethyl adjacent to an activating group) is 1. The molecule has 2 aromatic rings. The minimum absolute atomic E-state index is 0.137. The summed E-state index contributed by atoms with van der Waals surface area (Å²) < 4.78 is 1.78. The van der Waals surface area contributed by atoms with Gasteiger partial charge in [0.15, 0.2) is 0 Å². The molecule has 0 spiro atoms. The number of benzene rings is 1. The van der Waals surface area contributed by atoms with Gasteiger partial charge in [-0.2, -0.15) is 0 Å². The van der Waals surface area contributed by atoms with E-state index in [2.05, 4.69) is 10.3 Å². The molecule has 6 nitrogen and oxygen atoms in total. The molecule has 0 aliphatic heterocycles. The molecule has 106 valence electrons. The minimum Gasteiger partial charge on any atom is -0.478 e. The normalized spacial score (nSPS) is 10.7. The van der Waals surface area contributed by atoms with Crippen molar-refractivity contribution in [2.24, 2.45) is 0 Å². The van der Waals surface area contributed by atoms with Crippen LogP contribution in [0, 0.1) is 0 Å². The number of para-hydroxylation sites is 1. The summed E-state index contributed by atoms with van der Waals surface area (Å²) in [6, 6.07) is 4.98. The van der Waals surface area contributed by atoms with E-state index in [0.717, 1.165) is 12.2 Å². The van der Waals surface area contributed by atoms with Crippen LogP contribution < -0.4 is 5.32 Å². The topological polar surface area (TPSA) is 84.2 Å². The third-order valence-corrected chi connectivity index (χ3v) is 3.14. The summed E-state index contributed by atoms with van der Waals surface area (Å²) in [5, 5.41) is 11.8. The van der Waals surface area contributed by atoms with E-state index in [1.54, 1.807) is 23.7 Å². The van der Waals surface area contributed by atoms with E-state index in [4.69, 9.17) is 0 Å². The lowest BCUT2D eigenvalue weighted by atomic mass is 10.2. The van der Waals surface area contributed by atoms with Gasteiger partial charge < -0.3 is 15.0 Å². The molecular formula is C14H17N3O3. The maximum atomic E-state index is 11.6. The molecule has 1 heterocycles. The molecule has 0 unspecified atom stereocenters. The lowest BCUT2D eigenvalue weighted by Crippen LogP contribution is -2.24. The van der Waals surface area contributed by atoms with Gasteiger partial charge in [-0.15, -0.1) is 0 Å². The Morgan fingerprint density at radius 3 is 2.75 bits per heavy atom. The Hall–Kier alpha value is -2.37. The summed E-state index contributed by atoms with van der Waals surface area (Å²) in [6.07, 6.45) is 1.57. The summed E-state index contributed by atoms with van der Waals surface area (Å²) in [5.41, 5.74) is 1.28. The average Bonchev–Trinajstić information content (AvgIpc) is 2.77. The van der Waals surface area contributed by atoms with Crippen molar-refractivity contribution in [2.45, 2.75) is 26.3 Å². The van der Waals surface area contributed by atoms with Crippen LogP contribution in [0.25, 0.3) is 11.0 Å². The van der Waals surface area contributed by atoms with E-state index in [1.165, 1.54) is 6.07 Å². The van der Waals surface area contributed by atoms with Crippen LogP contribution in [0.5, 0.6) is 0 Å².